The van der Waals surface area contributed by atoms with E-state index in [0.717, 1.165) is 12.8 Å². The molecule has 0 amide bonds. The number of ketones is 1. The smallest absolute Gasteiger partial charge is 0.188 e. The van der Waals surface area contributed by atoms with Crippen LogP contribution in [0.3, 0.4) is 0 Å². The molecule has 0 saturated heterocycles. The van der Waals surface area contributed by atoms with Crippen molar-refractivity contribution < 1.29 is 9.53 Å². The molecule has 0 spiro atoms. The van der Waals surface area contributed by atoms with Crippen LogP contribution in [-0.2, 0) is 4.74 Å². The minimum Gasteiger partial charge on any atom is -0.361 e. The van der Waals surface area contributed by atoms with Crippen LogP contribution >= 0.6 is 0 Å². The lowest BCUT2D eigenvalue weighted by Gasteiger charge is -1.99. The molecule has 18 heavy (non-hydrogen) atoms. The molecule has 2 nitrogen and oxygen atoms in total. The molecule has 0 aliphatic heterocycles. The van der Waals surface area contributed by atoms with Gasteiger partial charge < -0.3 is 4.74 Å². The summed E-state index contributed by atoms with van der Waals surface area (Å²) in [7, 11) is 0. The predicted molar refractivity (Wildman–Crippen MR) is 73.5 cm³/mol. The highest BCUT2D eigenvalue weighted by molar-refractivity contribution is 5.96. The Balaban J connectivity index is 2.13. The Labute approximate surface area is 109 Å². The largest absolute Gasteiger partial charge is 0.361 e. The lowest BCUT2D eigenvalue weighted by Crippen LogP contribution is -2.08. The molecule has 96 valence electrons. The van der Waals surface area contributed by atoms with Gasteiger partial charge in [-0.3, -0.25) is 4.79 Å². The minimum atomic E-state index is 0.00313. The quantitative estimate of drug-likeness (QED) is 0.417. The molecule has 1 aromatic rings. The third kappa shape index (κ3) is 6.22. The van der Waals surface area contributed by atoms with Crippen LogP contribution < -0.4 is 0 Å². The van der Waals surface area contributed by atoms with Gasteiger partial charge in [-0.05, 0) is 6.42 Å². The summed E-state index contributed by atoms with van der Waals surface area (Å²) in [6.07, 6.45) is 4.50. The monoisotopic (exact) mass is 244 g/mol. The molecular formula is C16H20O2. The van der Waals surface area contributed by atoms with Gasteiger partial charge in [-0.15, -0.1) is 5.92 Å². The van der Waals surface area contributed by atoms with Gasteiger partial charge in [-0.2, -0.15) is 0 Å². The Morgan fingerprint density at radius 2 is 1.94 bits per heavy atom. The number of Topliss-reactive ketones (excluding diaryl/α,β-unsaturated/α-hetero) is 1. The number of carbonyl (C=O) groups excluding carboxylic acids is 1. The maximum Gasteiger partial charge on any atom is 0.188 e. The van der Waals surface area contributed by atoms with Gasteiger partial charge in [0.05, 0.1) is 0 Å². The van der Waals surface area contributed by atoms with Gasteiger partial charge in [0.25, 0.3) is 0 Å². The lowest BCUT2D eigenvalue weighted by molar-refractivity contribution is 0.0812. The predicted octanol–water partition coefficient (Wildman–Crippen LogP) is 3.47. The highest BCUT2D eigenvalue weighted by Gasteiger charge is 2.03. The van der Waals surface area contributed by atoms with Crippen molar-refractivity contribution in [1.82, 2.24) is 0 Å². The summed E-state index contributed by atoms with van der Waals surface area (Å²) in [5.74, 6) is 5.98. The molecule has 0 aromatic heterocycles. The minimum absolute atomic E-state index is 0.00313. The van der Waals surface area contributed by atoms with Gasteiger partial charge in [0.15, 0.2) is 5.78 Å². The van der Waals surface area contributed by atoms with E-state index < -0.39 is 0 Å². The van der Waals surface area contributed by atoms with E-state index in [1.54, 1.807) is 12.1 Å². The molecule has 0 unspecified atom stereocenters. The number of hydrogen-bond acceptors (Lipinski definition) is 2. The number of ether oxygens (including phenoxy) is 1. The SMILES string of the molecule is CCCCCC#CCOCC(=O)c1ccccc1. The fraction of sp³-hybridized carbons (Fsp3) is 0.438. The second-order valence-corrected chi connectivity index (χ2v) is 4.09. The van der Waals surface area contributed by atoms with Crippen LogP contribution in [0.25, 0.3) is 0 Å². The van der Waals surface area contributed by atoms with Gasteiger partial charge in [-0.25, -0.2) is 0 Å². The first-order valence-corrected chi connectivity index (χ1v) is 6.46. The molecule has 0 aliphatic carbocycles. The highest BCUT2D eigenvalue weighted by atomic mass is 16.5. The summed E-state index contributed by atoms with van der Waals surface area (Å²) in [4.78, 5) is 11.6. The topological polar surface area (TPSA) is 26.3 Å². The highest BCUT2D eigenvalue weighted by Crippen LogP contribution is 2.00. The Morgan fingerprint density at radius 3 is 2.67 bits per heavy atom. The van der Waals surface area contributed by atoms with Gasteiger partial charge in [0.1, 0.15) is 13.2 Å². The van der Waals surface area contributed by atoms with Crippen LogP contribution in [0.2, 0.25) is 0 Å². The zero-order chi connectivity index (χ0) is 13.1. The summed E-state index contributed by atoms with van der Waals surface area (Å²) >= 11 is 0. The average molecular weight is 244 g/mol. The van der Waals surface area contributed by atoms with E-state index in [-0.39, 0.29) is 12.4 Å². The molecule has 0 aliphatic rings. The van der Waals surface area contributed by atoms with E-state index in [9.17, 15) is 4.79 Å². The fourth-order valence-electron chi connectivity index (χ4n) is 1.50. The van der Waals surface area contributed by atoms with Gasteiger partial charge in [0, 0.05) is 12.0 Å². The number of rotatable bonds is 7. The van der Waals surface area contributed by atoms with Crippen LogP contribution in [0, 0.1) is 11.8 Å². The van der Waals surface area contributed by atoms with E-state index in [0.29, 0.717) is 12.2 Å². The Hall–Kier alpha value is -1.59. The summed E-state index contributed by atoms with van der Waals surface area (Å²) in [6.45, 7) is 2.62. The number of benzene rings is 1. The van der Waals surface area contributed by atoms with E-state index >= 15 is 0 Å². The second kappa shape index (κ2) is 9.44. The molecule has 1 aromatic carbocycles. The molecule has 0 fully saturated rings. The van der Waals surface area contributed by atoms with Crippen LogP contribution in [-0.4, -0.2) is 19.0 Å². The maximum atomic E-state index is 11.6. The maximum absolute atomic E-state index is 11.6. The number of carbonyl (C=O) groups is 1. The first-order valence-electron chi connectivity index (χ1n) is 6.46. The van der Waals surface area contributed by atoms with Crippen LogP contribution in [0.1, 0.15) is 43.0 Å². The van der Waals surface area contributed by atoms with Crippen LogP contribution in [0.15, 0.2) is 30.3 Å². The van der Waals surface area contributed by atoms with E-state index in [4.69, 9.17) is 4.74 Å². The molecule has 1 rings (SSSR count). The van der Waals surface area contributed by atoms with Crippen molar-refractivity contribution in [2.75, 3.05) is 13.2 Å². The van der Waals surface area contributed by atoms with Crippen LogP contribution in [0.4, 0.5) is 0 Å². The number of unbranched alkanes of at least 4 members (excludes halogenated alkanes) is 3. The fourth-order valence-corrected chi connectivity index (χ4v) is 1.50. The Morgan fingerprint density at radius 1 is 1.17 bits per heavy atom. The summed E-state index contributed by atoms with van der Waals surface area (Å²) in [5.41, 5.74) is 0.688. The zero-order valence-corrected chi connectivity index (χ0v) is 10.9. The third-order valence-corrected chi connectivity index (χ3v) is 2.53. The van der Waals surface area contributed by atoms with E-state index in [1.165, 1.54) is 12.8 Å². The zero-order valence-electron chi connectivity index (χ0n) is 10.9. The van der Waals surface area contributed by atoms with Crippen molar-refractivity contribution in [3.63, 3.8) is 0 Å². The van der Waals surface area contributed by atoms with Crippen molar-refractivity contribution in [2.45, 2.75) is 32.6 Å². The van der Waals surface area contributed by atoms with Crippen molar-refractivity contribution in [3.8, 4) is 11.8 Å². The molecule has 0 saturated carbocycles. The van der Waals surface area contributed by atoms with Crippen molar-refractivity contribution in [3.05, 3.63) is 35.9 Å². The normalized spacial score (nSPS) is 9.61. The van der Waals surface area contributed by atoms with Crippen LogP contribution in [0.5, 0.6) is 0 Å². The molecular weight excluding hydrogens is 224 g/mol. The molecule has 0 radical (unpaired) electrons. The molecule has 0 heterocycles. The Bertz CT molecular complexity index is 398. The lowest BCUT2D eigenvalue weighted by atomic mass is 10.1. The summed E-state index contributed by atoms with van der Waals surface area (Å²) in [5, 5.41) is 0. The summed E-state index contributed by atoms with van der Waals surface area (Å²) in [6, 6.07) is 9.17. The molecule has 0 bridgehead atoms. The molecule has 2 heteroatoms. The number of hydrogen-bond donors (Lipinski definition) is 0. The first kappa shape index (κ1) is 14.5. The van der Waals surface area contributed by atoms with Crippen molar-refractivity contribution in [2.24, 2.45) is 0 Å². The van der Waals surface area contributed by atoms with Gasteiger partial charge in [0.2, 0.25) is 0 Å². The second-order valence-electron chi connectivity index (χ2n) is 4.09. The molecule has 0 N–H and O–H groups in total. The molecule has 0 atom stereocenters. The average Bonchev–Trinajstić information content (AvgIpc) is 2.42. The third-order valence-electron chi connectivity index (χ3n) is 2.53. The summed E-state index contributed by atoms with van der Waals surface area (Å²) < 4.78 is 5.23. The van der Waals surface area contributed by atoms with Crippen molar-refractivity contribution in [1.29, 1.82) is 0 Å². The standard InChI is InChI=1S/C16H20O2/c1-2-3-4-5-6-10-13-18-14-16(17)15-11-8-7-9-12-15/h7-9,11-12H,2-5,13-14H2,1H3. The Kier molecular flexibility index (Phi) is 7.59. The van der Waals surface area contributed by atoms with E-state index in [1.807, 2.05) is 18.2 Å². The van der Waals surface area contributed by atoms with E-state index in [2.05, 4.69) is 18.8 Å². The van der Waals surface area contributed by atoms with Crippen molar-refractivity contribution >= 4 is 5.78 Å². The van der Waals surface area contributed by atoms with Gasteiger partial charge >= 0.3 is 0 Å². The first-order chi connectivity index (χ1) is 8.84. The van der Waals surface area contributed by atoms with Gasteiger partial charge in [-0.1, -0.05) is 56.0 Å².